The summed E-state index contributed by atoms with van der Waals surface area (Å²) in [6.45, 7) is -0.607. The number of aliphatic hydroxyl groups is 5. The Balaban J connectivity index is 1.67. The molecule has 9 N–H and O–H groups in total. The van der Waals surface area contributed by atoms with E-state index in [1.54, 1.807) is 12.1 Å². The van der Waals surface area contributed by atoms with Gasteiger partial charge in [0.1, 0.15) is 24.4 Å². The summed E-state index contributed by atoms with van der Waals surface area (Å²) in [4.78, 5) is 0. The Hall–Kier alpha value is -2.64. The Morgan fingerprint density at radius 2 is 1.31 bits per heavy atom. The lowest BCUT2D eigenvalue weighted by Gasteiger charge is -2.41. The zero-order chi connectivity index (χ0) is 26.4. The summed E-state index contributed by atoms with van der Waals surface area (Å²) >= 11 is 0. The highest BCUT2D eigenvalue weighted by molar-refractivity contribution is 5.41. The smallest absolute Gasteiger partial charge is 0.186 e. The van der Waals surface area contributed by atoms with Crippen molar-refractivity contribution < 1.29 is 55.4 Å². The number of hydrogen-bond donors (Lipinski definition) is 9. The maximum atomic E-state index is 10.7. The summed E-state index contributed by atoms with van der Waals surface area (Å²) in [6.07, 6.45) is -7.37. The van der Waals surface area contributed by atoms with Gasteiger partial charge in [-0.3, -0.25) is 0 Å². The molecule has 7 unspecified atom stereocenters. The first-order valence-electron chi connectivity index (χ1n) is 11.7. The van der Waals surface area contributed by atoms with Gasteiger partial charge in [-0.2, -0.15) is 0 Å². The number of phenols is 4. The first kappa shape index (κ1) is 27.9. The fourth-order valence-corrected chi connectivity index (χ4v) is 4.14. The average molecular weight is 511 g/mol. The standard InChI is InChI=1S/C25H34O11/c26-12-21-22(32)23(33)24(34)25(36-21)35-16(6-2-14-4-8-18(29)20(31)10-14)11-15(27)5-1-13-3-7-17(28)19(30)9-13/h3-4,7-10,15-16,21-34H,1-2,5-6,11-12H2. The van der Waals surface area contributed by atoms with Gasteiger partial charge in [0.25, 0.3) is 0 Å². The fraction of sp³-hybridized carbons (Fsp3) is 0.520. The predicted molar refractivity (Wildman–Crippen MR) is 125 cm³/mol. The number of phenolic OH excluding ortho intramolecular Hbond substituents is 4. The Labute approximate surface area is 208 Å². The quantitative estimate of drug-likeness (QED) is 0.184. The molecule has 0 amide bonds. The van der Waals surface area contributed by atoms with Crippen molar-refractivity contribution in [2.45, 2.75) is 75.0 Å². The van der Waals surface area contributed by atoms with E-state index in [2.05, 4.69) is 0 Å². The first-order valence-corrected chi connectivity index (χ1v) is 11.7. The normalized spacial score (nSPS) is 26.0. The summed E-state index contributed by atoms with van der Waals surface area (Å²) in [6, 6.07) is 8.75. The van der Waals surface area contributed by atoms with Gasteiger partial charge in [-0.15, -0.1) is 0 Å². The Bertz CT molecular complexity index is 982. The van der Waals surface area contributed by atoms with Gasteiger partial charge in [-0.05, 0) is 67.5 Å². The van der Waals surface area contributed by atoms with Gasteiger partial charge >= 0.3 is 0 Å². The minimum Gasteiger partial charge on any atom is -0.504 e. The maximum absolute atomic E-state index is 10.7. The molecule has 11 heteroatoms. The molecule has 2 aromatic carbocycles. The van der Waals surface area contributed by atoms with Crippen molar-refractivity contribution in [1.29, 1.82) is 0 Å². The van der Waals surface area contributed by atoms with E-state index in [9.17, 15) is 46.0 Å². The Kier molecular flexibility index (Phi) is 9.74. The zero-order valence-corrected chi connectivity index (χ0v) is 19.6. The lowest BCUT2D eigenvalue weighted by molar-refractivity contribution is -0.313. The predicted octanol–water partition coefficient (Wildman–Crippen LogP) is 0.0105. The van der Waals surface area contributed by atoms with Gasteiger partial charge in [-0.25, -0.2) is 0 Å². The summed E-state index contributed by atoms with van der Waals surface area (Å²) in [5.74, 6) is -1.05. The fourth-order valence-electron chi connectivity index (χ4n) is 4.14. The lowest BCUT2D eigenvalue weighted by Crippen LogP contribution is -2.59. The molecule has 1 aliphatic rings. The number of hydrogen-bond acceptors (Lipinski definition) is 11. The molecule has 0 saturated carbocycles. The van der Waals surface area contributed by atoms with Crippen molar-refractivity contribution in [1.82, 2.24) is 0 Å². The summed E-state index contributed by atoms with van der Waals surface area (Å²) in [7, 11) is 0. The van der Waals surface area contributed by atoms with Crippen LogP contribution in [-0.2, 0) is 22.3 Å². The molecular formula is C25H34O11. The van der Waals surface area contributed by atoms with Crippen LogP contribution in [-0.4, -0.2) is 95.5 Å². The van der Waals surface area contributed by atoms with E-state index in [4.69, 9.17) is 9.47 Å². The molecule has 2 aromatic rings. The Morgan fingerprint density at radius 3 is 1.83 bits per heavy atom. The molecule has 36 heavy (non-hydrogen) atoms. The Morgan fingerprint density at radius 1 is 0.750 bits per heavy atom. The minimum atomic E-state index is -1.61. The van der Waals surface area contributed by atoms with Gasteiger partial charge in [-0.1, -0.05) is 12.1 Å². The second-order valence-electron chi connectivity index (χ2n) is 9.07. The molecule has 1 fully saturated rings. The topological polar surface area (TPSA) is 201 Å². The molecule has 1 aliphatic heterocycles. The van der Waals surface area contributed by atoms with E-state index in [1.165, 1.54) is 24.3 Å². The number of aliphatic hydroxyl groups excluding tert-OH is 5. The van der Waals surface area contributed by atoms with Gasteiger partial charge in [0.2, 0.25) is 0 Å². The minimum absolute atomic E-state index is 0.100. The van der Waals surface area contributed by atoms with Crippen LogP contribution < -0.4 is 0 Å². The number of benzene rings is 2. The van der Waals surface area contributed by atoms with Crippen LogP contribution in [0.1, 0.15) is 30.4 Å². The zero-order valence-electron chi connectivity index (χ0n) is 19.6. The highest BCUT2D eigenvalue weighted by Crippen LogP contribution is 2.29. The van der Waals surface area contributed by atoms with Crippen molar-refractivity contribution in [2.75, 3.05) is 6.61 Å². The van der Waals surface area contributed by atoms with E-state index >= 15 is 0 Å². The molecule has 3 rings (SSSR count). The lowest BCUT2D eigenvalue weighted by atomic mass is 9.97. The van der Waals surface area contributed by atoms with E-state index in [0.717, 1.165) is 0 Å². The number of aromatic hydroxyl groups is 4. The van der Waals surface area contributed by atoms with Gasteiger partial charge < -0.3 is 55.4 Å². The van der Waals surface area contributed by atoms with E-state index in [-0.39, 0.29) is 29.4 Å². The van der Waals surface area contributed by atoms with Crippen molar-refractivity contribution in [3.05, 3.63) is 47.5 Å². The third kappa shape index (κ3) is 7.20. The molecule has 7 atom stereocenters. The van der Waals surface area contributed by atoms with Gasteiger partial charge in [0.15, 0.2) is 29.3 Å². The van der Waals surface area contributed by atoms with Crippen LogP contribution in [0.25, 0.3) is 0 Å². The monoisotopic (exact) mass is 510 g/mol. The molecule has 1 heterocycles. The SMILES string of the molecule is OCC1OC(OC(CCc2ccc(O)c(O)c2)CC(O)CCc2ccc(O)c(O)c2)C(O)C(O)C1O. The molecule has 1 saturated heterocycles. The highest BCUT2D eigenvalue weighted by atomic mass is 16.7. The molecule has 0 bridgehead atoms. The number of aryl methyl sites for hydroxylation is 2. The van der Waals surface area contributed by atoms with Crippen LogP contribution in [0.2, 0.25) is 0 Å². The second kappa shape index (κ2) is 12.5. The van der Waals surface area contributed by atoms with Crippen LogP contribution in [0.4, 0.5) is 0 Å². The molecule has 0 radical (unpaired) electrons. The summed E-state index contributed by atoms with van der Waals surface area (Å²) in [5.41, 5.74) is 1.39. The molecule has 11 nitrogen and oxygen atoms in total. The first-order chi connectivity index (χ1) is 17.1. The highest BCUT2D eigenvalue weighted by Gasteiger charge is 2.44. The van der Waals surface area contributed by atoms with E-state index < -0.39 is 49.5 Å². The van der Waals surface area contributed by atoms with Crippen LogP contribution >= 0.6 is 0 Å². The second-order valence-corrected chi connectivity index (χ2v) is 9.07. The van der Waals surface area contributed by atoms with E-state index in [0.29, 0.717) is 36.8 Å². The van der Waals surface area contributed by atoms with Crippen molar-refractivity contribution in [2.24, 2.45) is 0 Å². The third-order valence-electron chi connectivity index (χ3n) is 6.31. The van der Waals surface area contributed by atoms with Crippen LogP contribution in [0.15, 0.2) is 36.4 Å². The average Bonchev–Trinajstić information content (AvgIpc) is 2.85. The van der Waals surface area contributed by atoms with Crippen molar-refractivity contribution >= 4 is 0 Å². The molecule has 0 aromatic heterocycles. The molecule has 0 aliphatic carbocycles. The molecule has 200 valence electrons. The third-order valence-corrected chi connectivity index (χ3v) is 6.31. The summed E-state index contributed by atoms with van der Waals surface area (Å²) in [5, 5.41) is 88.9. The maximum Gasteiger partial charge on any atom is 0.186 e. The van der Waals surface area contributed by atoms with Crippen LogP contribution in [0.5, 0.6) is 23.0 Å². The van der Waals surface area contributed by atoms with Gasteiger partial charge in [0, 0.05) is 0 Å². The van der Waals surface area contributed by atoms with Crippen LogP contribution in [0, 0.1) is 0 Å². The van der Waals surface area contributed by atoms with Crippen molar-refractivity contribution in [3.63, 3.8) is 0 Å². The van der Waals surface area contributed by atoms with Crippen molar-refractivity contribution in [3.8, 4) is 23.0 Å². The van der Waals surface area contributed by atoms with E-state index in [1.807, 2.05) is 0 Å². The number of rotatable bonds is 11. The van der Waals surface area contributed by atoms with Gasteiger partial charge in [0.05, 0.1) is 18.8 Å². The summed E-state index contributed by atoms with van der Waals surface area (Å²) < 4.78 is 11.3. The molecule has 0 spiro atoms. The largest absolute Gasteiger partial charge is 0.504 e. The van der Waals surface area contributed by atoms with Crippen LogP contribution in [0.3, 0.4) is 0 Å². The number of ether oxygens (including phenoxy) is 2. The molecular weight excluding hydrogens is 476 g/mol.